The van der Waals surface area contributed by atoms with Crippen molar-refractivity contribution in [2.75, 3.05) is 5.75 Å². The Morgan fingerprint density at radius 3 is 2.74 bits per heavy atom. The van der Waals surface area contributed by atoms with Crippen LogP contribution in [0, 0.1) is 6.92 Å². The van der Waals surface area contributed by atoms with Gasteiger partial charge in [-0.2, -0.15) is 0 Å². The standard InChI is InChI=1S/C17H17N3O2S/c1-12-4-6-13(7-5-12)15-9-19-17(23-11-16(18)21)20(15)10-14-3-2-8-22-14/h2-9H,10-11H2,1H3,(H2,18,21). The lowest BCUT2D eigenvalue weighted by Crippen LogP contribution is -2.14. The molecule has 0 aliphatic heterocycles. The lowest BCUT2D eigenvalue weighted by Gasteiger charge is -2.10. The molecule has 6 heteroatoms. The van der Waals surface area contributed by atoms with Gasteiger partial charge in [0, 0.05) is 0 Å². The number of hydrogen-bond acceptors (Lipinski definition) is 4. The highest BCUT2D eigenvalue weighted by Gasteiger charge is 2.14. The summed E-state index contributed by atoms with van der Waals surface area (Å²) in [5.41, 5.74) is 8.50. The van der Waals surface area contributed by atoms with E-state index in [1.165, 1.54) is 17.3 Å². The minimum atomic E-state index is -0.362. The van der Waals surface area contributed by atoms with E-state index in [0.29, 0.717) is 6.54 Å². The number of aryl methyl sites for hydroxylation is 1. The minimum Gasteiger partial charge on any atom is -0.467 e. The van der Waals surface area contributed by atoms with Crippen LogP contribution in [0.1, 0.15) is 11.3 Å². The second kappa shape index (κ2) is 6.75. The minimum absolute atomic E-state index is 0.197. The van der Waals surface area contributed by atoms with Gasteiger partial charge in [0.2, 0.25) is 5.91 Å². The Morgan fingerprint density at radius 1 is 1.30 bits per heavy atom. The molecule has 2 aromatic heterocycles. The maximum atomic E-state index is 11.1. The fraction of sp³-hybridized carbons (Fsp3) is 0.176. The number of thioether (sulfide) groups is 1. The fourth-order valence-corrected chi connectivity index (χ4v) is 2.99. The van der Waals surface area contributed by atoms with Gasteiger partial charge in [-0.25, -0.2) is 4.98 Å². The Morgan fingerprint density at radius 2 is 2.09 bits per heavy atom. The molecule has 3 aromatic rings. The third-order valence-electron chi connectivity index (χ3n) is 3.40. The first kappa shape index (κ1) is 15.4. The van der Waals surface area contributed by atoms with Crippen molar-refractivity contribution in [3.05, 3.63) is 60.2 Å². The summed E-state index contributed by atoms with van der Waals surface area (Å²) in [7, 11) is 0. The number of nitrogens with two attached hydrogens (primary N) is 1. The predicted octanol–water partition coefficient (Wildman–Crippen LogP) is 3.08. The molecule has 0 saturated carbocycles. The number of primary amides is 1. The number of rotatable bonds is 6. The second-order valence-electron chi connectivity index (χ2n) is 5.21. The normalized spacial score (nSPS) is 10.8. The van der Waals surface area contributed by atoms with Crippen molar-refractivity contribution < 1.29 is 9.21 Å². The highest BCUT2D eigenvalue weighted by Crippen LogP contribution is 2.27. The zero-order valence-corrected chi connectivity index (χ0v) is 13.5. The van der Waals surface area contributed by atoms with Gasteiger partial charge in [0.15, 0.2) is 5.16 Å². The molecule has 0 aliphatic rings. The van der Waals surface area contributed by atoms with Crippen molar-refractivity contribution in [1.29, 1.82) is 0 Å². The molecule has 0 fully saturated rings. The van der Waals surface area contributed by atoms with Crippen LogP contribution in [-0.2, 0) is 11.3 Å². The van der Waals surface area contributed by atoms with E-state index in [-0.39, 0.29) is 11.7 Å². The summed E-state index contributed by atoms with van der Waals surface area (Å²) in [5.74, 6) is 0.666. The lowest BCUT2D eigenvalue weighted by molar-refractivity contribution is -0.115. The van der Waals surface area contributed by atoms with Gasteiger partial charge in [-0.1, -0.05) is 41.6 Å². The molecule has 0 spiro atoms. The van der Waals surface area contributed by atoms with Gasteiger partial charge in [-0.05, 0) is 24.6 Å². The third kappa shape index (κ3) is 3.65. The van der Waals surface area contributed by atoms with E-state index in [2.05, 4.69) is 36.2 Å². The molecule has 0 radical (unpaired) electrons. The number of hydrogen-bond donors (Lipinski definition) is 1. The SMILES string of the molecule is Cc1ccc(-c2cnc(SCC(N)=O)n2Cc2ccco2)cc1. The first-order chi connectivity index (χ1) is 11.1. The van der Waals surface area contributed by atoms with Crippen LogP contribution in [0.5, 0.6) is 0 Å². The van der Waals surface area contributed by atoms with Crippen LogP contribution in [0.3, 0.4) is 0 Å². The average molecular weight is 327 g/mol. The van der Waals surface area contributed by atoms with Crippen molar-refractivity contribution in [3.8, 4) is 11.3 Å². The lowest BCUT2D eigenvalue weighted by atomic mass is 10.1. The number of amides is 1. The van der Waals surface area contributed by atoms with Crippen molar-refractivity contribution in [2.24, 2.45) is 5.73 Å². The van der Waals surface area contributed by atoms with Gasteiger partial charge < -0.3 is 14.7 Å². The van der Waals surface area contributed by atoms with E-state index in [9.17, 15) is 4.79 Å². The highest BCUT2D eigenvalue weighted by molar-refractivity contribution is 7.99. The average Bonchev–Trinajstić information content (AvgIpc) is 3.17. The van der Waals surface area contributed by atoms with Gasteiger partial charge in [-0.15, -0.1) is 0 Å². The van der Waals surface area contributed by atoms with Crippen molar-refractivity contribution in [1.82, 2.24) is 9.55 Å². The van der Waals surface area contributed by atoms with Crippen LogP contribution in [0.4, 0.5) is 0 Å². The molecule has 0 atom stereocenters. The monoisotopic (exact) mass is 327 g/mol. The number of benzene rings is 1. The molecule has 5 nitrogen and oxygen atoms in total. The Bertz CT molecular complexity index is 792. The number of aromatic nitrogens is 2. The molecular formula is C17H17N3O2S. The summed E-state index contributed by atoms with van der Waals surface area (Å²) in [6.45, 7) is 2.61. The highest BCUT2D eigenvalue weighted by atomic mass is 32.2. The summed E-state index contributed by atoms with van der Waals surface area (Å²) in [6, 6.07) is 12.0. The molecule has 23 heavy (non-hydrogen) atoms. The fourth-order valence-electron chi connectivity index (χ4n) is 2.28. The molecule has 118 valence electrons. The maximum absolute atomic E-state index is 11.1. The number of nitrogens with zero attached hydrogens (tertiary/aromatic N) is 2. The first-order valence-electron chi connectivity index (χ1n) is 7.19. The molecular weight excluding hydrogens is 310 g/mol. The van der Waals surface area contributed by atoms with Gasteiger partial charge in [-0.3, -0.25) is 4.79 Å². The van der Waals surface area contributed by atoms with Crippen LogP contribution in [0.25, 0.3) is 11.3 Å². The van der Waals surface area contributed by atoms with E-state index in [1.807, 2.05) is 22.9 Å². The summed E-state index contributed by atoms with van der Waals surface area (Å²) < 4.78 is 7.49. The van der Waals surface area contributed by atoms with Crippen LogP contribution >= 0.6 is 11.8 Å². The van der Waals surface area contributed by atoms with Crippen LogP contribution in [0.15, 0.2) is 58.4 Å². The Balaban J connectivity index is 1.97. The summed E-state index contributed by atoms with van der Waals surface area (Å²) >= 11 is 1.33. The van der Waals surface area contributed by atoms with Crippen LogP contribution in [-0.4, -0.2) is 21.2 Å². The van der Waals surface area contributed by atoms with Crippen molar-refractivity contribution in [2.45, 2.75) is 18.6 Å². The largest absolute Gasteiger partial charge is 0.467 e. The summed E-state index contributed by atoms with van der Waals surface area (Å²) in [5, 5.41) is 0.746. The van der Waals surface area contributed by atoms with Crippen molar-refractivity contribution >= 4 is 17.7 Å². The molecule has 0 bridgehead atoms. The molecule has 2 heterocycles. The molecule has 0 saturated heterocycles. The zero-order chi connectivity index (χ0) is 16.2. The predicted molar refractivity (Wildman–Crippen MR) is 90.1 cm³/mol. The summed E-state index contributed by atoms with van der Waals surface area (Å²) in [6.07, 6.45) is 3.46. The van der Waals surface area contributed by atoms with Crippen LogP contribution < -0.4 is 5.73 Å². The number of carbonyl (C=O) groups excluding carboxylic acids is 1. The molecule has 0 aliphatic carbocycles. The smallest absolute Gasteiger partial charge is 0.227 e. The quantitative estimate of drug-likeness (QED) is 0.706. The van der Waals surface area contributed by atoms with E-state index in [1.54, 1.807) is 6.26 Å². The molecule has 1 amide bonds. The van der Waals surface area contributed by atoms with E-state index < -0.39 is 0 Å². The first-order valence-corrected chi connectivity index (χ1v) is 8.18. The molecule has 2 N–H and O–H groups in total. The molecule has 0 unspecified atom stereocenters. The second-order valence-corrected chi connectivity index (χ2v) is 6.16. The third-order valence-corrected chi connectivity index (χ3v) is 4.42. The van der Waals surface area contributed by atoms with Crippen LogP contribution in [0.2, 0.25) is 0 Å². The van der Waals surface area contributed by atoms with Gasteiger partial charge in [0.1, 0.15) is 5.76 Å². The molecule has 1 aromatic carbocycles. The van der Waals surface area contributed by atoms with Gasteiger partial charge >= 0.3 is 0 Å². The maximum Gasteiger partial charge on any atom is 0.227 e. The van der Waals surface area contributed by atoms with Gasteiger partial charge in [0.05, 0.1) is 30.5 Å². The van der Waals surface area contributed by atoms with E-state index in [4.69, 9.17) is 10.2 Å². The van der Waals surface area contributed by atoms with E-state index >= 15 is 0 Å². The number of furan rings is 1. The Hall–Kier alpha value is -2.47. The zero-order valence-electron chi connectivity index (χ0n) is 12.7. The van der Waals surface area contributed by atoms with Gasteiger partial charge in [0.25, 0.3) is 0 Å². The number of imidazole rings is 1. The van der Waals surface area contributed by atoms with Crippen molar-refractivity contribution in [3.63, 3.8) is 0 Å². The topological polar surface area (TPSA) is 74.0 Å². The van der Waals surface area contributed by atoms with E-state index in [0.717, 1.165) is 22.2 Å². The Labute approximate surface area is 138 Å². The molecule has 3 rings (SSSR count). The summed E-state index contributed by atoms with van der Waals surface area (Å²) in [4.78, 5) is 15.5. The number of carbonyl (C=O) groups is 1. The Kier molecular flexibility index (Phi) is 4.52.